The highest BCUT2D eigenvalue weighted by Crippen LogP contribution is 2.42. The maximum Gasteiger partial charge on any atom is 0.292 e. The van der Waals surface area contributed by atoms with E-state index in [-0.39, 0.29) is 11.9 Å². The predicted molar refractivity (Wildman–Crippen MR) is 87.8 cm³/mol. The molecular weight excluding hydrogens is 306 g/mol. The van der Waals surface area contributed by atoms with Gasteiger partial charge in [0, 0.05) is 26.6 Å². The van der Waals surface area contributed by atoms with Gasteiger partial charge in [0.1, 0.15) is 0 Å². The Bertz CT molecular complexity index is 736. The quantitative estimate of drug-likeness (QED) is 0.858. The topological polar surface area (TPSA) is 75.4 Å². The first-order valence-electron chi connectivity index (χ1n) is 8.40. The fourth-order valence-electron chi connectivity index (χ4n) is 3.26. The number of carbonyl (C=O) groups is 1. The molecule has 1 atom stereocenters. The number of aromatic nitrogens is 3. The molecule has 24 heavy (non-hydrogen) atoms. The molecule has 0 radical (unpaired) electrons. The Labute approximate surface area is 140 Å². The molecule has 0 spiro atoms. The standard InChI is InChI=1S/C17H21N5O2/c1-21(2)14-8-7-12(19-20-14)13-4-3-9-22(13)17(23)16-15(11-5-6-11)18-10-24-16/h7-8,10-11,13H,3-6,9H2,1-2H3. The summed E-state index contributed by atoms with van der Waals surface area (Å²) in [5.74, 6) is 1.53. The van der Waals surface area contributed by atoms with Gasteiger partial charge in [0.2, 0.25) is 5.76 Å². The first-order valence-corrected chi connectivity index (χ1v) is 8.40. The first-order chi connectivity index (χ1) is 11.6. The lowest BCUT2D eigenvalue weighted by atomic mass is 10.1. The third kappa shape index (κ3) is 2.64. The molecular formula is C17H21N5O2. The van der Waals surface area contributed by atoms with Crippen LogP contribution in [0.1, 0.15) is 59.6 Å². The SMILES string of the molecule is CN(C)c1ccc(C2CCCN2C(=O)c2ocnc2C2CC2)nn1. The summed E-state index contributed by atoms with van der Waals surface area (Å²) in [6.07, 6.45) is 5.42. The Morgan fingerprint density at radius 2 is 2.08 bits per heavy atom. The third-order valence-corrected chi connectivity index (χ3v) is 4.74. The zero-order valence-electron chi connectivity index (χ0n) is 14.0. The number of carbonyl (C=O) groups excluding carboxylic acids is 1. The lowest BCUT2D eigenvalue weighted by molar-refractivity contribution is 0.0698. The summed E-state index contributed by atoms with van der Waals surface area (Å²) < 4.78 is 5.43. The molecule has 0 aromatic carbocycles. The maximum atomic E-state index is 13.0. The van der Waals surface area contributed by atoms with Gasteiger partial charge >= 0.3 is 0 Å². The molecule has 2 aromatic rings. The number of amides is 1. The molecule has 1 aliphatic heterocycles. The smallest absolute Gasteiger partial charge is 0.292 e. The van der Waals surface area contributed by atoms with Crippen LogP contribution in [0, 0.1) is 0 Å². The molecule has 1 saturated carbocycles. The van der Waals surface area contributed by atoms with Crippen LogP contribution in [0.25, 0.3) is 0 Å². The molecule has 2 fully saturated rings. The molecule has 1 amide bonds. The minimum atomic E-state index is -0.0737. The van der Waals surface area contributed by atoms with E-state index in [4.69, 9.17) is 4.42 Å². The van der Waals surface area contributed by atoms with Gasteiger partial charge in [0.15, 0.2) is 12.2 Å². The average molecular weight is 327 g/mol. The van der Waals surface area contributed by atoms with Crippen molar-refractivity contribution in [3.8, 4) is 0 Å². The number of likely N-dealkylation sites (tertiary alicyclic amines) is 1. The van der Waals surface area contributed by atoms with Crippen molar-refractivity contribution >= 4 is 11.7 Å². The van der Waals surface area contributed by atoms with E-state index in [1.807, 2.05) is 36.0 Å². The number of anilines is 1. The third-order valence-electron chi connectivity index (χ3n) is 4.74. The van der Waals surface area contributed by atoms with Crippen LogP contribution in [-0.4, -0.2) is 46.6 Å². The molecule has 1 unspecified atom stereocenters. The average Bonchev–Trinajstić information content (AvgIpc) is 3.13. The van der Waals surface area contributed by atoms with Crippen LogP contribution in [0.5, 0.6) is 0 Å². The summed E-state index contributed by atoms with van der Waals surface area (Å²) in [6.45, 7) is 0.714. The number of oxazole rings is 1. The fraction of sp³-hybridized carbons (Fsp3) is 0.529. The summed E-state index contributed by atoms with van der Waals surface area (Å²) in [6, 6.07) is 3.85. The summed E-state index contributed by atoms with van der Waals surface area (Å²) in [5, 5.41) is 8.57. The first kappa shape index (κ1) is 15.1. The van der Waals surface area contributed by atoms with Crippen LogP contribution in [0.4, 0.5) is 5.82 Å². The molecule has 2 aliphatic rings. The largest absolute Gasteiger partial charge is 0.438 e. The van der Waals surface area contributed by atoms with Gasteiger partial charge in [-0.1, -0.05) is 0 Å². The van der Waals surface area contributed by atoms with Crippen LogP contribution in [0.2, 0.25) is 0 Å². The van der Waals surface area contributed by atoms with Crippen LogP contribution in [0.3, 0.4) is 0 Å². The Hall–Kier alpha value is -2.44. The van der Waals surface area contributed by atoms with Crippen molar-refractivity contribution in [3.63, 3.8) is 0 Å². The minimum Gasteiger partial charge on any atom is -0.438 e. The second-order valence-corrected chi connectivity index (χ2v) is 6.71. The van der Waals surface area contributed by atoms with Crippen molar-refractivity contribution in [2.75, 3.05) is 25.5 Å². The van der Waals surface area contributed by atoms with Gasteiger partial charge in [-0.15, -0.1) is 5.10 Å². The van der Waals surface area contributed by atoms with Gasteiger partial charge in [-0.25, -0.2) is 4.98 Å². The zero-order valence-corrected chi connectivity index (χ0v) is 14.0. The lowest BCUT2D eigenvalue weighted by Gasteiger charge is -2.23. The Morgan fingerprint density at radius 3 is 2.75 bits per heavy atom. The molecule has 3 heterocycles. The van der Waals surface area contributed by atoms with E-state index in [0.29, 0.717) is 18.2 Å². The number of hydrogen-bond acceptors (Lipinski definition) is 6. The summed E-state index contributed by atoms with van der Waals surface area (Å²) in [7, 11) is 3.86. The summed E-state index contributed by atoms with van der Waals surface area (Å²) >= 11 is 0. The van der Waals surface area contributed by atoms with E-state index in [2.05, 4.69) is 15.2 Å². The molecule has 0 bridgehead atoms. The number of nitrogens with zero attached hydrogens (tertiary/aromatic N) is 5. The summed E-state index contributed by atoms with van der Waals surface area (Å²) in [4.78, 5) is 21.0. The van der Waals surface area contributed by atoms with Gasteiger partial charge in [-0.05, 0) is 37.8 Å². The second-order valence-electron chi connectivity index (χ2n) is 6.71. The van der Waals surface area contributed by atoms with Crippen LogP contribution < -0.4 is 4.90 Å². The molecule has 1 aliphatic carbocycles. The summed E-state index contributed by atoms with van der Waals surface area (Å²) in [5.41, 5.74) is 1.65. The fourth-order valence-corrected chi connectivity index (χ4v) is 3.26. The molecule has 126 valence electrons. The monoisotopic (exact) mass is 327 g/mol. The van der Waals surface area contributed by atoms with Crippen LogP contribution in [-0.2, 0) is 0 Å². The predicted octanol–water partition coefficient (Wildman–Crippen LogP) is 2.39. The highest BCUT2D eigenvalue weighted by molar-refractivity contribution is 5.93. The molecule has 4 rings (SSSR count). The van der Waals surface area contributed by atoms with E-state index in [9.17, 15) is 4.79 Å². The molecule has 7 heteroatoms. The maximum absolute atomic E-state index is 13.0. The van der Waals surface area contributed by atoms with Gasteiger partial charge in [-0.3, -0.25) is 4.79 Å². The van der Waals surface area contributed by atoms with Crippen molar-refractivity contribution in [1.82, 2.24) is 20.1 Å². The van der Waals surface area contributed by atoms with Crippen molar-refractivity contribution in [2.24, 2.45) is 0 Å². The Morgan fingerprint density at radius 1 is 1.25 bits per heavy atom. The highest BCUT2D eigenvalue weighted by Gasteiger charge is 2.38. The molecule has 7 nitrogen and oxygen atoms in total. The molecule has 2 aromatic heterocycles. The van der Waals surface area contributed by atoms with E-state index in [1.54, 1.807) is 0 Å². The lowest BCUT2D eigenvalue weighted by Crippen LogP contribution is -2.31. The normalized spacial score (nSPS) is 20.4. The van der Waals surface area contributed by atoms with Crippen molar-refractivity contribution in [3.05, 3.63) is 35.7 Å². The van der Waals surface area contributed by atoms with Gasteiger partial charge < -0.3 is 14.2 Å². The zero-order chi connectivity index (χ0) is 16.7. The van der Waals surface area contributed by atoms with E-state index >= 15 is 0 Å². The van der Waals surface area contributed by atoms with Gasteiger partial charge in [0.25, 0.3) is 5.91 Å². The number of hydrogen-bond donors (Lipinski definition) is 0. The van der Waals surface area contributed by atoms with Crippen LogP contribution in [0.15, 0.2) is 22.9 Å². The van der Waals surface area contributed by atoms with Gasteiger partial charge in [-0.2, -0.15) is 5.10 Å². The molecule has 0 N–H and O–H groups in total. The number of rotatable bonds is 4. The van der Waals surface area contributed by atoms with E-state index < -0.39 is 0 Å². The second kappa shape index (κ2) is 5.89. The highest BCUT2D eigenvalue weighted by atomic mass is 16.3. The molecule has 1 saturated heterocycles. The van der Waals surface area contributed by atoms with Crippen molar-refractivity contribution in [2.45, 2.75) is 37.6 Å². The van der Waals surface area contributed by atoms with Crippen molar-refractivity contribution in [1.29, 1.82) is 0 Å². The Kier molecular flexibility index (Phi) is 3.70. The van der Waals surface area contributed by atoms with E-state index in [0.717, 1.165) is 42.9 Å². The van der Waals surface area contributed by atoms with Crippen molar-refractivity contribution < 1.29 is 9.21 Å². The van der Waals surface area contributed by atoms with Gasteiger partial charge in [0.05, 0.1) is 17.4 Å². The Balaban J connectivity index is 1.58. The minimum absolute atomic E-state index is 0.0432. The van der Waals surface area contributed by atoms with E-state index in [1.165, 1.54) is 6.39 Å². The van der Waals surface area contributed by atoms with Crippen LogP contribution >= 0.6 is 0 Å².